The molecule has 0 N–H and O–H groups in total. The quantitative estimate of drug-likeness (QED) is 0.310. The van der Waals surface area contributed by atoms with Gasteiger partial charge < -0.3 is 4.74 Å². The van der Waals surface area contributed by atoms with E-state index in [-0.39, 0.29) is 0 Å². The summed E-state index contributed by atoms with van der Waals surface area (Å²) >= 11 is 4.24. The second-order valence-electron chi connectivity index (χ2n) is 6.85. The highest BCUT2D eigenvalue weighted by Gasteiger charge is 2.27. The van der Waals surface area contributed by atoms with Gasteiger partial charge in [-0.3, -0.25) is 0 Å². The Bertz CT molecular complexity index is 751. The molecule has 3 heteroatoms. The minimum Gasteiger partial charge on any atom is -0.488 e. The number of ether oxygens (including phenoxy) is 1. The maximum atomic E-state index is 6.23. The molecule has 3 rings (SSSR count). The predicted molar refractivity (Wildman–Crippen MR) is 122 cm³/mol. The van der Waals surface area contributed by atoms with Crippen LogP contribution in [0.5, 0.6) is 5.75 Å². The van der Waals surface area contributed by atoms with Gasteiger partial charge in [0, 0.05) is 48.4 Å². The van der Waals surface area contributed by atoms with Crippen molar-refractivity contribution in [2.45, 2.75) is 62.0 Å². The number of fused-ring (bicyclic) bond motifs is 3. The molecule has 1 nitrogen and oxygen atoms in total. The SMILES string of the molecule is Cc1c(C)c(C)c2c(c1C)COc1c(C)c(C)c(C)c(C)c1-2.II. The molecule has 0 saturated carbocycles. The number of halogens is 2. The highest BCUT2D eigenvalue weighted by molar-refractivity contribution is 15.0. The van der Waals surface area contributed by atoms with Gasteiger partial charge in [-0.2, -0.15) is 0 Å². The topological polar surface area (TPSA) is 9.23 Å². The van der Waals surface area contributed by atoms with Crippen LogP contribution in [0.2, 0.25) is 0 Å². The molecule has 0 fully saturated rings. The van der Waals surface area contributed by atoms with Gasteiger partial charge >= 0.3 is 0 Å². The van der Waals surface area contributed by atoms with Crippen molar-refractivity contribution in [1.29, 1.82) is 0 Å². The minimum atomic E-state index is 0.693. The Balaban J connectivity index is 0.00000100. The van der Waals surface area contributed by atoms with Crippen LogP contribution in [0.25, 0.3) is 11.1 Å². The summed E-state index contributed by atoms with van der Waals surface area (Å²) in [5.74, 6) is 1.10. The fourth-order valence-corrected chi connectivity index (χ4v) is 3.81. The van der Waals surface area contributed by atoms with Crippen molar-refractivity contribution < 1.29 is 4.74 Å². The minimum absolute atomic E-state index is 0.693. The van der Waals surface area contributed by atoms with E-state index < -0.39 is 0 Å². The van der Waals surface area contributed by atoms with Crippen molar-refractivity contribution in [3.63, 3.8) is 0 Å². The average molecular weight is 548 g/mol. The highest BCUT2D eigenvalue weighted by atomic mass is 128. The van der Waals surface area contributed by atoms with Crippen LogP contribution in [0.1, 0.15) is 50.1 Å². The summed E-state index contributed by atoms with van der Waals surface area (Å²) in [6, 6.07) is 0. The molecule has 24 heavy (non-hydrogen) atoms. The summed E-state index contributed by atoms with van der Waals surface area (Å²) in [5, 5.41) is 0. The standard InChI is InChI=1S/C21H26O.I2/c1-10-11(2)15(6)19-18(14(10)5)9-22-21-17(8)13(4)12(3)16(7)20(19)21;1-2/h9H2,1-8H3;. The van der Waals surface area contributed by atoms with Crippen molar-refractivity contribution in [3.05, 3.63) is 50.1 Å². The number of rotatable bonds is 0. The summed E-state index contributed by atoms with van der Waals surface area (Å²) in [6.45, 7) is 18.5. The van der Waals surface area contributed by atoms with Gasteiger partial charge in [0.2, 0.25) is 0 Å². The molecule has 1 heterocycles. The van der Waals surface area contributed by atoms with Crippen molar-refractivity contribution >= 4 is 37.2 Å². The molecule has 0 atom stereocenters. The lowest BCUT2D eigenvalue weighted by atomic mass is 9.80. The molecule has 0 aromatic heterocycles. The molecule has 0 spiro atoms. The average Bonchev–Trinajstić information content (AvgIpc) is 2.61. The largest absolute Gasteiger partial charge is 0.488 e. The van der Waals surface area contributed by atoms with Crippen molar-refractivity contribution in [2.75, 3.05) is 0 Å². The third-order valence-electron chi connectivity index (χ3n) is 6.06. The van der Waals surface area contributed by atoms with Gasteiger partial charge in [-0.1, -0.05) is 0 Å². The predicted octanol–water partition coefficient (Wildman–Crippen LogP) is 7.48. The van der Waals surface area contributed by atoms with Crippen LogP contribution in [-0.4, -0.2) is 0 Å². The molecule has 1 aliphatic rings. The van der Waals surface area contributed by atoms with E-state index in [1.807, 2.05) is 0 Å². The lowest BCUT2D eigenvalue weighted by Gasteiger charge is -2.31. The fourth-order valence-electron chi connectivity index (χ4n) is 3.81. The third kappa shape index (κ3) is 2.89. The van der Waals surface area contributed by atoms with E-state index in [1.165, 1.54) is 61.2 Å². The van der Waals surface area contributed by atoms with Crippen molar-refractivity contribution in [3.8, 4) is 16.9 Å². The zero-order valence-corrected chi connectivity index (χ0v) is 20.2. The number of hydrogen-bond donors (Lipinski definition) is 0. The van der Waals surface area contributed by atoms with Crippen LogP contribution in [0.3, 0.4) is 0 Å². The van der Waals surface area contributed by atoms with Crippen LogP contribution in [0, 0.1) is 55.4 Å². The number of benzene rings is 2. The first-order valence-electron chi connectivity index (χ1n) is 8.24. The Morgan fingerprint density at radius 3 is 1.50 bits per heavy atom. The van der Waals surface area contributed by atoms with E-state index in [0.29, 0.717) is 6.61 Å². The van der Waals surface area contributed by atoms with Crippen LogP contribution in [0.4, 0.5) is 0 Å². The first-order valence-corrected chi connectivity index (χ1v) is 14.5. The maximum absolute atomic E-state index is 6.23. The smallest absolute Gasteiger partial charge is 0.131 e. The molecule has 0 aliphatic carbocycles. The summed E-state index contributed by atoms with van der Waals surface area (Å²) in [6.07, 6.45) is 0. The Labute approximate surface area is 169 Å². The monoisotopic (exact) mass is 548 g/mol. The second-order valence-corrected chi connectivity index (χ2v) is 6.85. The lowest BCUT2D eigenvalue weighted by molar-refractivity contribution is 0.298. The van der Waals surface area contributed by atoms with E-state index in [0.717, 1.165) is 5.75 Å². The van der Waals surface area contributed by atoms with E-state index in [9.17, 15) is 0 Å². The van der Waals surface area contributed by atoms with Crippen LogP contribution >= 0.6 is 37.2 Å². The van der Waals surface area contributed by atoms with Gasteiger partial charge in [-0.25, -0.2) is 0 Å². The third-order valence-corrected chi connectivity index (χ3v) is 6.06. The maximum Gasteiger partial charge on any atom is 0.131 e. The Kier molecular flexibility index (Phi) is 6.27. The summed E-state index contributed by atoms with van der Waals surface area (Å²) in [5.41, 5.74) is 15.1. The molecule has 1 aliphatic heterocycles. The summed E-state index contributed by atoms with van der Waals surface area (Å²) < 4.78 is 6.23. The molecule has 2 aromatic carbocycles. The first kappa shape index (κ1) is 20.0. The van der Waals surface area contributed by atoms with Gasteiger partial charge in [-0.05, 0) is 105 Å². The van der Waals surface area contributed by atoms with Gasteiger partial charge in [0.1, 0.15) is 12.4 Å². The second kappa shape index (κ2) is 7.52. The van der Waals surface area contributed by atoms with Gasteiger partial charge in [-0.15, -0.1) is 0 Å². The molecule has 0 radical (unpaired) electrons. The van der Waals surface area contributed by atoms with E-state index in [2.05, 4.69) is 92.6 Å². The van der Waals surface area contributed by atoms with Crippen LogP contribution < -0.4 is 4.74 Å². The van der Waals surface area contributed by atoms with Gasteiger partial charge in [0.05, 0.1) is 0 Å². The molecule has 130 valence electrons. The van der Waals surface area contributed by atoms with Crippen LogP contribution in [0.15, 0.2) is 0 Å². The van der Waals surface area contributed by atoms with E-state index in [1.54, 1.807) is 0 Å². The zero-order valence-electron chi connectivity index (χ0n) is 15.9. The van der Waals surface area contributed by atoms with Crippen molar-refractivity contribution in [1.82, 2.24) is 0 Å². The first-order chi connectivity index (χ1) is 11.3. The molecule has 2 aromatic rings. The Morgan fingerprint density at radius 2 is 0.958 bits per heavy atom. The molecule has 0 saturated heterocycles. The van der Waals surface area contributed by atoms with E-state index >= 15 is 0 Å². The summed E-state index contributed by atoms with van der Waals surface area (Å²) in [4.78, 5) is 0. The lowest BCUT2D eigenvalue weighted by Crippen LogP contribution is -2.14. The molecule has 0 unspecified atom stereocenters. The zero-order chi connectivity index (χ0) is 18.3. The Hall–Kier alpha value is -0.300. The highest BCUT2D eigenvalue weighted by Crippen LogP contribution is 2.48. The normalized spacial score (nSPS) is 11.9. The number of hydrogen-bond acceptors (Lipinski definition) is 1. The molecule has 0 bridgehead atoms. The van der Waals surface area contributed by atoms with E-state index in [4.69, 9.17) is 4.74 Å². The van der Waals surface area contributed by atoms with Gasteiger partial charge in [0.25, 0.3) is 0 Å². The fraction of sp³-hybridized carbons (Fsp3) is 0.429. The molecular weight excluding hydrogens is 522 g/mol. The van der Waals surface area contributed by atoms with Crippen molar-refractivity contribution in [2.24, 2.45) is 0 Å². The molecular formula is C21H26I2O. The molecule has 0 amide bonds. The Morgan fingerprint density at radius 1 is 0.542 bits per heavy atom. The van der Waals surface area contributed by atoms with Gasteiger partial charge in [0.15, 0.2) is 0 Å². The summed E-state index contributed by atoms with van der Waals surface area (Å²) in [7, 11) is 0. The van der Waals surface area contributed by atoms with Crippen LogP contribution in [-0.2, 0) is 6.61 Å².